The van der Waals surface area contributed by atoms with E-state index in [2.05, 4.69) is 20.9 Å². The van der Waals surface area contributed by atoms with E-state index >= 15 is 0 Å². The predicted octanol–water partition coefficient (Wildman–Crippen LogP) is 2.97. The van der Waals surface area contributed by atoms with Crippen molar-refractivity contribution in [3.8, 4) is 17.1 Å². The summed E-state index contributed by atoms with van der Waals surface area (Å²) in [6.45, 7) is 0.737. The Labute approximate surface area is 177 Å². The number of likely N-dealkylation sites (tertiary alicyclic amines) is 1. The van der Waals surface area contributed by atoms with Crippen LogP contribution >= 0.6 is 15.9 Å². The van der Waals surface area contributed by atoms with Crippen molar-refractivity contribution < 1.29 is 9.53 Å². The zero-order valence-electron chi connectivity index (χ0n) is 16.3. The van der Waals surface area contributed by atoms with Crippen molar-refractivity contribution in [1.82, 2.24) is 19.4 Å². The molecular weight excluding hydrogens is 434 g/mol. The normalized spacial score (nSPS) is 23.2. The van der Waals surface area contributed by atoms with Crippen molar-refractivity contribution in [3.05, 3.63) is 40.6 Å². The number of methoxy groups -OCH3 is 1. The zero-order chi connectivity index (χ0) is 20.3. The molecule has 150 valence electrons. The fraction of sp³-hybridized carbons (Fsp3) is 0.381. The van der Waals surface area contributed by atoms with Crippen LogP contribution in [0.5, 0.6) is 5.75 Å². The minimum absolute atomic E-state index is 0.00242. The van der Waals surface area contributed by atoms with E-state index in [-0.39, 0.29) is 18.0 Å². The summed E-state index contributed by atoms with van der Waals surface area (Å²) >= 11 is 3.50. The molecular formula is C21H22BrN5O2. The van der Waals surface area contributed by atoms with E-state index in [0.29, 0.717) is 17.2 Å². The highest BCUT2D eigenvalue weighted by Crippen LogP contribution is 2.39. The molecule has 0 spiro atoms. The summed E-state index contributed by atoms with van der Waals surface area (Å²) in [5, 5.41) is 0. The minimum atomic E-state index is 0.00242. The first kappa shape index (κ1) is 18.6. The molecule has 1 aromatic carbocycles. The third-order valence-electron chi connectivity index (χ3n) is 6.32. The first-order valence-electron chi connectivity index (χ1n) is 9.71. The molecule has 1 aliphatic carbocycles. The van der Waals surface area contributed by atoms with Crippen molar-refractivity contribution in [2.75, 3.05) is 13.7 Å². The quantitative estimate of drug-likeness (QED) is 0.613. The summed E-state index contributed by atoms with van der Waals surface area (Å²) in [6.07, 6.45) is 3.82. The van der Waals surface area contributed by atoms with Crippen LogP contribution in [0.3, 0.4) is 0 Å². The number of nitrogens with two attached hydrogens (primary N) is 1. The summed E-state index contributed by atoms with van der Waals surface area (Å²) in [5.41, 5.74) is 9.32. The molecule has 3 atom stereocenters. The van der Waals surface area contributed by atoms with E-state index in [9.17, 15) is 4.79 Å². The van der Waals surface area contributed by atoms with Gasteiger partial charge in [0.05, 0.1) is 18.2 Å². The van der Waals surface area contributed by atoms with E-state index in [1.165, 1.54) is 0 Å². The molecule has 2 N–H and O–H groups in total. The topological polar surface area (TPSA) is 86.3 Å². The fourth-order valence-electron chi connectivity index (χ4n) is 4.83. The average molecular weight is 456 g/mol. The Balaban J connectivity index is 1.60. The molecule has 1 saturated heterocycles. The number of amides is 1. The van der Waals surface area contributed by atoms with Gasteiger partial charge in [0, 0.05) is 37.4 Å². The maximum absolute atomic E-state index is 13.3. The Morgan fingerprint density at radius 1 is 1.34 bits per heavy atom. The van der Waals surface area contributed by atoms with E-state index < -0.39 is 0 Å². The number of halogens is 1. The molecule has 8 heteroatoms. The van der Waals surface area contributed by atoms with Gasteiger partial charge in [-0.25, -0.2) is 9.97 Å². The highest BCUT2D eigenvalue weighted by atomic mass is 79.9. The number of carbonyl (C=O) groups excluding carboxylic acids is 1. The number of imidazole rings is 1. The van der Waals surface area contributed by atoms with Gasteiger partial charge in [-0.1, -0.05) is 0 Å². The highest BCUT2D eigenvalue weighted by Gasteiger charge is 2.46. The predicted molar refractivity (Wildman–Crippen MR) is 114 cm³/mol. The number of pyridine rings is 1. The van der Waals surface area contributed by atoms with Crippen LogP contribution in [-0.4, -0.2) is 51.1 Å². The molecule has 1 aliphatic heterocycles. The molecule has 7 nitrogen and oxygen atoms in total. The Kier molecular flexibility index (Phi) is 4.36. The molecule has 1 saturated carbocycles. The van der Waals surface area contributed by atoms with Gasteiger partial charge in [-0.2, -0.15) is 0 Å². The van der Waals surface area contributed by atoms with Gasteiger partial charge in [-0.15, -0.1) is 0 Å². The van der Waals surface area contributed by atoms with Gasteiger partial charge in [-0.05, 0) is 59.0 Å². The van der Waals surface area contributed by atoms with E-state index in [4.69, 9.17) is 15.5 Å². The third-order valence-corrected chi connectivity index (χ3v) is 6.95. The third kappa shape index (κ3) is 2.77. The van der Waals surface area contributed by atoms with Gasteiger partial charge in [0.25, 0.3) is 5.91 Å². The molecule has 2 fully saturated rings. The van der Waals surface area contributed by atoms with Gasteiger partial charge in [0.15, 0.2) is 0 Å². The Hall–Kier alpha value is -2.45. The molecule has 2 aromatic heterocycles. The molecule has 2 aliphatic rings. The maximum atomic E-state index is 13.3. The minimum Gasteiger partial charge on any atom is -0.494 e. The Bertz CT molecular complexity index is 1130. The number of ether oxygens (including phenoxy) is 1. The molecule has 3 heterocycles. The van der Waals surface area contributed by atoms with Crippen LogP contribution in [-0.2, 0) is 7.05 Å². The summed E-state index contributed by atoms with van der Waals surface area (Å²) in [6, 6.07) is 7.72. The number of fused-ring (bicyclic) bond motifs is 3. The van der Waals surface area contributed by atoms with Crippen LogP contribution < -0.4 is 10.5 Å². The highest BCUT2D eigenvalue weighted by molar-refractivity contribution is 9.10. The van der Waals surface area contributed by atoms with Crippen LogP contribution in [0.2, 0.25) is 0 Å². The molecule has 3 aromatic rings. The summed E-state index contributed by atoms with van der Waals surface area (Å²) in [5.74, 6) is 1.80. The first-order chi connectivity index (χ1) is 14.0. The molecule has 5 rings (SSSR count). The van der Waals surface area contributed by atoms with Crippen LogP contribution in [0.4, 0.5) is 0 Å². The lowest BCUT2D eigenvalue weighted by atomic mass is 10.1. The van der Waals surface area contributed by atoms with Crippen molar-refractivity contribution in [2.45, 2.75) is 24.9 Å². The van der Waals surface area contributed by atoms with Gasteiger partial charge in [0.1, 0.15) is 21.7 Å². The van der Waals surface area contributed by atoms with Gasteiger partial charge in [0.2, 0.25) is 0 Å². The van der Waals surface area contributed by atoms with E-state index in [1.807, 2.05) is 40.8 Å². The lowest BCUT2D eigenvalue weighted by Gasteiger charge is -2.27. The lowest BCUT2D eigenvalue weighted by Crippen LogP contribution is -2.41. The second-order valence-corrected chi connectivity index (χ2v) is 8.57. The number of aryl methyl sites for hydroxylation is 1. The summed E-state index contributed by atoms with van der Waals surface area (Å²) in [4.78, 5) is 24.3. The molecule has 1 amide bonds. The van der Waals surface area contributed by atoms with Crippen molar-refractivity contribution in [2.24, 2.45) is 18.7 Å². The molecule has 0 unspecified atom stereocenters. The van der Waals surface area contributed by atoms with Crippen LogP contribution in [0, 0.1) is 5.92 Å². The van der Waals surface area contributed by atoms with Crippen LogP contribution in [0.25, 0.3) is 22.4 Å². The summed E-state index contributed by atoms with van der Waals surface area (Å²) in [7, 11) is 3.55. The Morgan fingerprint density at radius 3 is 2.83 bits per heavy atom. The number of rotatable bonds is 3. The first-order valence-corrected chi connectivity index (χ1v) is 10.5. The fourth-order valence-corrected chi connectivity index (χ4v) is 5.26. The second kappa shape index (κ2) is 6.81. The van der Waals surface area contributed by atoms with Gasteiger partial charge in [-0.3, -0.25) is 4.79 Å². The van der Waals surface area contributed by atoms with Crippen molar-refractivity contribution in [1.29, 1.82) is 0 Å². The number of hydrogen-bond donors (Lipinski definition) is 1. The molecule has 0 radical (unpaired) electrons. The number of piperidine rings is 1. The number of carbonyl (C=O) groups is 1. The number of nitrogens with zero attached hydrogens (tertiary/aromatic N) is 4. The average Bonchev–Trinajstić information content (AvgIpc) is 3.37. The van der Waals surface area contributed by atoms with Crippen LogP contribution in [0.1, 0.15) is 23.2 Å². The molecule has 29 heavy (non-hydrogen) atoms. The van der Waals surface area contributed by atoms with Gasteiger partial charge < -0.3 is 19.9 Å². The largest absolute Gasteiger partial charge is 0.494 e. The maximum Gasteiger partial charge on any atom is 0.254 e. The van der Waals surface area contributed by atoms with E-state index in [0.717, 1.165) is 46.4 Å². The van der Waals surface area contributed by atoms with Crippen LogP contribution in [0.15, 0.2) is 35.1 Å². The number of benzene rings is 1. The molecule has 2 bridgehead atoms. The Morgan fingerprint density at radius 2 is 2.17 bits per heavy atom. The summed E-state index contributed by atoms with van der Waals surface area (Å²) < 4.78 is 8.33. The monoisotopic (exact) mass is 455 g/mol. The zero-order valence-corrected chi connectivity index (χ0v) is 17.9. The standard InChI is InChI=1S/C21H22BrN5O2/c1-26-18-14(25-20(26)13-4-3-7-24-19(13)22)8-12(9-16(18)29-2)21(28)27-10-11-5-6-15(27)17(11)23/h3-4,7-9,11,15,17H,5-6,10,23H2,1-2H3/t11-,15-,17-/m1/s1. The van der Waals surface area contributed by atoms with Crippen molar-refractivity contribution >= 4 is 32.9 Å². The van der Waals surface area contributed by atoms with Gasteiger partial charge >= 0.3 is 0 Å². The second-order valence-electron chi connectivity index (χ2n) is 7.82. The smallest absolute Gasteiger partial charge is 0.254 e. The number of aromatic nitrogens is 3. The number of hydrogen-bond acceptors (Lipinski definition) is 5. The SMILES string of the molecule is COc1cc(C(=O)N2C[C@H]3CC[C@@H]2[C@@H]3N)cc2nc(-c3cccnc3Br)n(C)c12. The lowest BCUT2D eigenvalue weighted by molar-refractivity contribution is 0.0700. The van der Waals surface area contributed by atoms with Crippen molar-refractivity contribution in [3.63, 3.8) is 0 Å². The van der Waals surface area contributed by atoms with E-state index in [1.54, 1.807) is 13.3 Å².